The van der Waals surface area contributed by atoms with Gasteiger partial charge in [0.2, 0.25) is 5.91 Å². The predicted octanol–water partition coefficient (Wildman–Crippen LogP) is 0.864. The number of aliphatic hydroxyl groups excluding tert-OH is 1. The van der Waals surface area contributed by atoms with E-state index in [1.54, 1.807) is 4.90 Å². The van der Waals surface area contributed by atoms with E-state index >= 15 is 0 Å². The fraction of sp³-hybridized carbons (Fsp3) is 0.462. The lowest BCUT2D eigenvalue weighted by Crippen LogP contribution is -2.43. The van der Waals surface area contributed by atoms with Crippen molar-refractivity contribution in [2.75, 3.05) is 25.0 Å². The van der Waals surface area contributed by atoms with Crippen LogP contribution >= 0.6 is 0 Å². The molecule has 17 heavy (non-hydrogen) atoms. The molecule has 1 aliphatic rings. The fourth-order valence-electron chi connectivity index (χ4n) is 2.21. The first-order chi connectivity index (χ1) is 8.26. The van der Waals surface area contributed by atoms with Crippen LogP contribution in [0.4, 0.5) is 5.69 Å². The maximum absolute atomic E-state index is 12.2. The molecule has 1 amide bonds. The topological polar surface area (TPSA) is 52.6 Å². The molecular weight excluding hydrogens is 216 g/mol. The highest BCUT2D eigenvalue weighted by atomic mass is 16.3. The molecule has 1 aromatic rings. The Bertz CT molecular complexity index is 381. The number of carbonyl (C=O) groups is 1. The molecular formula is C13H18N2O2. The molecule has 0 saturated heterocycles. The molecule has 2 rings (SSSR count). The van der Waals surface area contributed by atoms with Crippen molar-refractivity contribution < 1.29 is 9.90 Å². The lowest BCUT2D eigenvalue weighted by molar-refractivity contribution is -0.132. The van der Waals surface area contributed by atoms with Crippen molar-refractivity contribution >= 4 is 11.6 Å². The number of carbonyl (C=O) groups excluding carboxylic acids is 1. The average Bonchev–Trinajstić information content (AvgIpc) is 2.78. The van der Waals surface area contributed by atoms with Gasteiger partial charge in [-0.3, -0.25) is 4.79 Å². The van der Waals surface area contributed by atoms with Crippen molar-refractivity contribution in [1.82, 2.24) is 4.90 Å². The van der Waals surface area contributed by atoms with Crippen LogP contribution in [0.2, 0.25) is 0 Å². The summed E-state index contributed by atoms with van der Waals surface area (Å²) in [7, 11) is 0. The standard InChI is InChI=1S/C13H18N2O2/c1-2-15(7-8-16)13(17)12-9-10-5-3-4-6-11(10)14-12/h3-6,12,14,16H,2,7-9H2,1H3. The van der Waals surface area contributed by atoms with Gasteiger partial charge in [-0.1, -0.05) is 18.2 Å². The molecule has 2 N–H and O–H groups in total. The second kappa shape index (κ2) is 5.19. The molecule has 1 atom stereocenters. The first-order valence-electron chi connectivity index (χ1n) is 6.00. The third-order valence-corrected chi connectivity index (χ3v) is 3.13. The molecule has 1 unspecified atom stereocenters. The zero-order valence-electron chi connectivity index (χ0n) is 10.0. The number of amides is 1. The predicted molar refractivity (Wildman–Crippen MR) is 66.9 cm³/mol. The third-order valence-electron chi connectivity index (χ3n) is 3.13. The fourth-order valence-corrected chi connectivity index (χ4v) is 2.21. The van der Waals surface area contributed by atoms with Crippen LogP contribution < -0.4 is 5.32 Å². The van der Waals surface area contributed by atoms with Crippen LogP contribution in [0.1, 0.15) is 12.5 Å². The molecule has 1 aromatic carbocycles. The second-order valence-electron chi connectivity index (χ2n) is 4.20. The minimum absolute atomic E-state index is 0.0131. The molecule has 1 aliphatic heterocycles. The van der Waals surface area contributed by atoms with Crippen LogP contribution in [0, 0.1) is 0 Å². The van der Waals surface area contributed by atoms with Crippen LogP contribution in [0.3, 0.4) is 0 Å². The summed E-state index contributed by atoms with van der Waals surface area (Å²) in [5.41, 5.74) is 2.23. The Labute approximate surface area is 101 Å². The Kier molecular flexibility index (Phi) is 3.64. The average molecular weight is 234 g/mol. The summed E-state index contributed by atoms with van der Waals surface area (Å²) < 4.78 is 0. The van der Waals surface area contributed by atoms with Gasteiger partial charge < -0.3 is 15.3 Å². The molecule has 0 saturated carbocycles. The van der Waals surface area contributed by atoms with E-state index in [1.807, 2.05) is 31.2 Å². The summed E-state index contributed by atoms with van der Waals surface area (Å²) in [6.07, 6.45) is 0.733. The molecule has 92 valence electrons. The number of hydrogen-bond acceptors (Lipinski definition) is 3. The smallest absolute Gasteiger partial charge is 0.245 e. The highest BCUT2D eigenvalue weighted by Gasteiger charge is 2.28. The largest absolute Gasteiger partial charge is 0.395 e. The van der Waals surface area contributed by atoms with Gasteiger partial charge in [-0.15, -0.1) is 0 Å². The van der Waals surface area contributed by atoms with E-state index in [0.29, 0.717) is 13.1 Å². The highest BCUT2D eigenvalue weighted by Crippen LogP contribution is 2.25. The highest BCUT2D eigenvalue weighted by molar-refractivity contribution is 5.87. The van der Waals surface area contributed by atoms with Crippen molar-refractivity contribution in [2.45, 2.75) is 19.4 Å². The summed E-state index contributed by atoms with van der Waals surface area (Å²) in [4.78, 5) is 13.9. The molecule has 4 heteroatoms. The number of para-hydroxylation sites is 1. The van der Waals surface area contributed by atoms with Crippen LogP contribution in [0.5, 0.6) is 0 Å². The maximum Gasteiger partial charge on any atom is 0.245 e. The molecule has 0 fully saturated rings. The summed E-state index contributed by atoms with van der Waals surface area (Å²) >= 11 is 0. The Morgan fingerprint density at radius 3 is 2.94 bits per heavy atom. The number of rotatable bonds is 4. The number of aliphatic hydroxyl groups is 1. The van der Waals surface area contributed by atoms with Gasteiger partial charge in [0.05, 0.1) is 6.61 Å². The van der Waals surface area contributed by atoms with Crippen LogP contribution in [-0.4, -0.2) is 41.7 Å². The van der Waals surface area contributed by atoms with Crippen LogP contribution in [-0.2, 0) is 11.2 Å². The van der Waals surface area contributed by atoms with Crippen LogP contribution in [0.15, 0.2) is 24.3 Å². The molecule has 0 aromatic heterocycles. The minimum atomic E-state index is -0.182. The summed E-state index contributed by atoms with van der Waals surface area (Å²) in [5, 5.41) is 12.2. The zero-order chi connectivity index (χ0) is 12.3. The van der Waals surface area contributed by atoms with Crippen molar-refractivity contribution in [1.29, 1.82) is 0 Å². The maximum atomic E-state index is 12.2. The van der Waals surface area contributed by atoms with Gasteiger partial charge >= 0.3 is 0 Å². The van der Waals surface area contributed by atoms with E-state index < -0.39 is 0 Å². The minimum Gasteiger partial charge on any atom is -0.395 e. The summed E-state index contributed by atoms with van der Waals surface area (Å²) in [6.45, 7) is 2.98. The van der Waals surface area contributed by atoms with E-state index in [2.05, 4.69) is 5.32 Å². The van der Waals surface area contributed by atoms with Gasteiger partial charge in [0.1, 0.15) is 6.04 Å². The molecule has 0 spiro atoms. The molecule has 0 aliphatic carbocycles. The van der Waals surface area contributed by atoms with E-state index in [0.717, 1.165) is 12.1 Å². The summed E-state index contributed by atoms with van der Waals surface area (Å²) in [5.74, 6) is 0.0674. The monoisotopic (exact) mass is 234 g/mol. The molecule has 0 bridgehead atoms. The number of fused-ring (bicyclic) bond motifs is 1. The van der Waals surface area contributed by atoms with E-state index in [1.165, 1.54) is 5.56 Å². The number of nitrogens with one attached hydrogen (secondary N) is 1. The Morgan fingerprint density at radius 2 is 2.29 bits per heavy atom. The Hall–Kier alpha value is -1.55. The lowest BCUT2D eigenvalue weighted by atomic mass is 10.1. The lowest BCUT2D eigenvalue weighted by Gasteiger charge is -2.23. The first kappa shape index (κ1) is 11.9. The van der Waals surface area contributed by atoms with Crippen molar-refractivity contribution in [3.63, 3.8) is 0 Å². The Morgan fingerprint density at radius 1 is 1.53 bits per heavy atom. The number of benzene rings is 1. The quantitative estimate of drug-likeness (QED) is 0.812. The third kappa shape index (κ3) is 2.42. The van der Waals surface area contributed by atoms with Gasteiger partial charge in [0.15, 0.2) is 0 Å². The van der Waals surface area contributed by atoms with Crippen molar-refractivity contribution in [3.8, 4) is 0 Å². The zero-order valence-corrected chi connectivity index (χ0v) is 10.0. The van der Waals surface area contributed by atoms with E-state index in [9.17, 15) is 4.79 Å². The number of nitrogens with zero attached hydrogens (tertiary/aromatic N) is 1. The molecule has 0 radical (unpaired) electrons. The number of anilines is 1. The SMILES string of the molecule is CCN(CCO)C(=O)C1Cc2ccccc2N1. The number of likely N-dealkylation sites (N-methyl/N-ethyl adjacent to an activating group) is 1. The van der Waals surface area contributed by atoms with Gasteiger partial charge in [-0.2, -0.15) is 0 Å². The van der Waals surface area contributed by atoms with E-state index in [4.69, 9.17) is 5.11 Å². The molecule has 1 heterocycles. The van der Waals surface area contributed by atoms with E-state index in [-0.39, 0.29) is 18.6 Å². The van der Waals surface area contributed by atoms with Crippen LogP contribution in [0.25, 0.3) is 0 Å². The van der Waals surface area contributed by atoms with Gasteiger partial charge in [-0.05, 0) is 18.6 Å². The second-order valence-corrected chi connectivity index (χ2v) is 4.20. The first-order valence-corrected chi connectivity index (χ1v) is 6.00. The Balaban J connectivity index is 2.04. The van der Waals surface area contributed by atoms with Gasteiger partial charge in [0, 0.05) is 25.2 Å². The van der Waals surface area contributed by atoms with Crippen molar-refractivity contribution in [3.05, 3.63) is 29.8 Å². The number of hydrogen-bond donors (Lipinski definition) is 2. The summed E-state index contributed by atoms with van der Waals surface area (Å²) in [6, 6.07) is 7.80. The normalized spacial score (nSPS) is 17.4. The van der Waals surface area contributed by atoms with Crippen molar-refractivity contribution in [2.24, 2.45) is 0 Å². The molecule has 4 nitrogen and oxygen atoms in total. The van der Waals surface area contributed by atoms with Gasteiger partial charge in [0.25, 0.3) is 0 Å². The van der Waals surface area contributed by atoms with Gasteiger partial charge in [-0.25, -0.2) is 0 Å².